The van der Waals surface area contributed by atoms with Crippen LogP contribution < -0.4 is 0 Å². The third-order valence-corrected chi connectivity index (χ3v) is 2.35. The van der Waals surface area contributed by atoms with E-state index in [1.165, 1.54) is 0 Å². The first-order chi connectivity index (χ1) is 8.04. The van der Waals surface area contributed by atoms with Gasteiger partial charge >= 0.3 is 5.97 Å². The second kappa shape index (κ2) is 6.12. The van der Waals surface area contributed by atoms with Crippen LogP contribution in [0.25, 0.3) is 0 Å². The fourth-order valence-corrected chi connectivity index (χ4v) is 1.42. The zero-order valence-electron chi connectivity index (χ0n) is 9.73. The molecule has 0 spiro atoms. The largest absolute Gasteiger partial charge is 0.340 e. The Bertz CT molecular complexity index is 334. The number of carbonyl (C=O) groups excluding carboxylic acids is 4. The van der Waals surface area contributed by atoms with E-state index in [9.17, 15) is 19.2 Å². The number of imide groups is 1. The molecular weight excluding hydrogens is 226 g/mol. The van der Waals surface area contributed by atoms with E-state index >= 15 is 0 Å². The normalized spacial score (nSPS) is 15.2. The molecule has 94 valence electrons. The van der Waals surface area contributed by atoms with E-state index in [1.54, 1.807) is 0 Å². The van der Waals surface area contributed by atoms with Crippen LogP contribution in [-0.2, 0) is 24.0 Å². The number of unbranched alkanes of at least 4 members (excludes halogenated alkanes) is 1. The molecule has 1 rings (SSSR count). The van der Waals surface area contributed by atoms with Crippen LogP contribution in [-0.4, -0.2) is 28.6 Å². The van der Waals surface area contributed by atoms with Crippen molar-refractivity contribution >= 4 is 23.6 Å². The van der Waals surface area contributed by atoms with Gasteiger partial charge in [0.2, 0.25) is 0 Å². The molecule has 1 aliphatic rings. The van der Waals surface area contributed by atoms with Gasteiger partial charge in [0, 0.05) is 19.3 Å². The first-order valence-electron chi connectivity index (χ1n) is 5.63. The van der Waals surface area contributed by atoms with Crippen LogP contribution in [0.5, 0.6) is 0 Å². The van der Waals surface area contributed by atoms with Crippen molar-refractivity contribution in [3.05, 3.63) is 0 Å². The Balaban J connectivity index is 2.36. The molecule has 0 radical (unpaired) electrons. The van der Waals surface area contributed by atoms with Gasteiger partial charge in [-0.2, -0.15) is 0 Å². The zero-order valence-corrected chi connectivity index (χ0v) is 9.73. The lowest BCUT2D eigenvalue weighted by Crippen LogP contribution is -2.32. The van der Waals surface area contributed by atoms with Crippen molar-refractivity contribution in [1.82, 2.24) is 5.06 Å². The van der Waals surface area contributed by atoms with Gasteiger partial charge in [-0.1, -0.05) is 13.3 Å². The lowest BCUT2D eigenvalue weighted by atomic mass is 10.1. The Morgan fingerprint density at radius 1 is 1.24 bits per heavy atom. The maximum absolute atomic E-state index is 11.3. The summed E-state index contributed by atoms with van der Waals surface area (Å²) in [5, 5.41) is 0.454. The van der Waals surface area contributed by atoms with Crippen LogP contribution in [0, 0.1) is 0 Å². The minimum Gasteiger partial charge on any atom is -0.330 e. The highest BCUT2D eigenvalue weighted by molar-refractivity contribution is 6.02. The Morgan fingerprint density at radius 2 is 1.82 bits per heavy atom. The lowest BCUT2D eigenvalue weighted by molar-refractivity contribution is -0.197. The van der Waals surface area contributed by atoms with E-state index in [2.05, 4.69) is 4.84 Å². The molecule has 2 amide bonds. The van der Waals surface area contributed by atoms with Crippen molar-refractivity contribution in [2.75, 3.05) is 0 Å². The van der Waals surface area contributed by atoms with Crippen molar-refractivity contribution in [2.24, 2.45) is 0 Å². The first kappa shape index (κ1) is 13.3. The van der Waals surface area contributed by atoms with Gasteiger partial charge in [-0.15, -0.1) is 5.06 Å². The van der Waals surface area contributed by atoms with Gasteiger partial charge in [0.05, 0.1) is 0 Å². The molecular formula is C11H15NO5. The highest BCUT2D eigenvalue weighted by Gasteiger charge is 2.33. The quantitative estimate of drug-likeness (QED) is 0.506. The first-order valence-corrected chi connectivity index (χ1v) is 5.63. The zero-order chi connectivity index (χ0) is 12.8. The predicted molar refractivity (Wildman–Crippen MR) is 56.3 cm³/mol. The summed E-state index contributed by atoms with van der Waals surface area (Å²) in [4.78, 5) is 49.3. The molecule has 17 heavy (non-hydrogen) atoms. The molecule has 1 heterocycles. The third kappa shape index (κ3) is 3.97. The number of carbonyl (C=O) groups is 4. The number of hydroxylamine groups is 2. The number of amides is 2. The van der Waals surface area contributed by atoms with E-state index in [-0.39, 0.29) is 18.6 Å². The van der Waals surface area contributed by atoms with Crippen molar-refractivity contribution in [3.63, 3.8) is 0 Å². The van der Waals surface area contributed by atoms with E-state index < -0.39 is 24.2 Å². The van der Waals surface area contributed by atoms with Crippen molar-refractivity contribution in [3.8, 4) is 0 Å². The number of ketones is 1. The van der Waals surface area contributed by atoms with Crippen molar-refractivity contribution < 1.29 is 24.0 Å². The highest BCUT2D eigenvalue weighted by atomic mass is 16.7. The maximum Gasteiger partial charge on any atom is 0.340 e. The summed E-state index contributed by atoms with van der Waals surface area (Å²) >= 11 is 0. The Labute approximate surface area is 98.9 Å². The standard InChI is InChI=1S/C11H15NO5/c1-2-3-4-8(13)7-11(16)17-12-9(14)5-6-10(12)15/h2-7H2,1H3. The monoisotopic (exact) mass is 241 g/mol. The molecule has 0 aromatic carbocycles. The van der Waals surface area contributed by atoms with Gasteiger partial charge in [-0.05, 0) is 6.42 Å². The minimum atomic E-state index is -0.852. The molecule has 0 atom stereocenters. The van der Waals surface area contributed by atoms with Gasteiger partial charge in [-0.3, -0.25) is 14.4 Å². The van der Waals surface area contributed by atoms with Crippen LogP contribution in [0.15, 0.2) is 0 Å². The number of hydrogen-bond acceptors (Lipinski definition) is 5. The number of hydrogen-bond donors (Lipinski definition) is 0. The van der Waals surface area contributed by atoms with E-state index in [0.29, 0.717) is 17.9 Å². The summed E-state index contributed by atoms with van der Waals surface area (Å²) in [7, 11) is 0. The summed E-state index contributed by atoms with van der Waals surface area (Å²) in [6.07, 6.45) is 1.61. The summed E-state index contributed by atoms with van der Waals surface area (Å²) in [6.45, 7) is 1.94. The fourth-order valence-electron chi connectivity index (χ4n) is 1.42. The topological polar surface area (TPSA) is 80.8 Å². The predicted octanol–water partition coefficient (Wildman–Crippen LogP) is 0.743. The molecule has 0 aliphatic carbocycles. The molecule has 0 bridgehead atoms. The van der Waals surface area contributed by atoms with Gasteiger partial charge in [0.25, 0.3) is 11.8 Å². The third-order valence-electron chi connectivity index (χ3n) is 2.35. The maximum atomic E-state index is 11.3. The van der Waals surface area contributed by atoms with Gasteiger partial charge in [-0.25, -0.2) is 4.79 Å². The second-order valence-corrected chi connectivity index (χ2v) is 3.86. The minimum absolute atomic E-state index is 0.0515. The van der Waals surface area contributed by atoms with Crippen molar-refractivity contribution in [1.29, 1.82) is 0 Å². The second-order valence-electron chi connectivity index (χ2n) is 3.86. The molecule has 0 aromatic rings. The molecule has 6 heteroatoms. The summed E-state index contributed by atoms with van der Waals surface area (Å²) in [5.74, 6) is -2.17. The van der Waals surface area contributed by atoms with Gasteiger partial charge in [0.1, 0.15) is 12.2 Å². The molecule has 0 aromatic heterocycles. The van der Waals surface area contributed by atoms with Crippen LogP contribution in [0.1, 0.15) is 45.4 Å². The molecule has 0 unspecified atom stereocenters. The van der Waals surface area contributed by atoms with Crippen LogP contribution >= 0.6 is 0 Å². The van der Waals surface area contributed by atoms with Crippen LogP contribution in [0.3, 0.4) is 0 Å². The summed E-state index contributed by atoms with van der Waals surface area (Å²) in [6, 6.07) is 0. The molecule has 1 saturated heterocycles. The highest BCUT2D eigenvalue weighted by Crippen LogP contribution is 2.12. The molecule has 1 aliphatic heterocycles. The Hall–Kier alpha value is -1.72. The molecule has 1 fully saturated rings. The molecule has 0 saturated carbocycles. The lowest BCUT2D eigenvalue weighted by Gasteiger charge is -2.11. The fraction of sp³-hybridized carbons (Fsp3) is 0.636. The Kier molecular flexibility index (Phi) is 4.81. The average Bonchev–Trinajstić information content (AvgIpc) is 2.58. The van der Waals surface area contributed by atoms with Crippen LogP contribution in [0.2, 0.25) is 0 Å². The number of Topliss-reactive ketones (excluding diaryl/α,β-unsaturated/α-hetero) is 1. The number of nitrogens with zero attached hydrogens (tertiary/aromatic N) is 1. The summed E-state index contributed by atoms with van der Waals surface area (Å²) < 4.78 is 0. The SMILES string of the molecule is CCCCC(=O)CC(=O)ON1C(=O)CCC1=O. The number of rotatable bonds is 6. The summed E-state index contributed by atoms with van der Waals surface area (Å²) in [5.41, 5.74) is 0. The average molecular weight is 241 g/mol. The van der Waals surface area contributed by atoms with E-state index in [1.807, 2.05) is 6.92 Å². The molecule has 6 nitrogen and oxygen atoms in total. The Morgan fingerprint density at radius 3 is 2.35 bits per heavy atom. The van der Waals surface area contributed by atoms with E-state index in [0.717, 1.165) is 6.42 Å². The van der Waals surface area contributed by atoms with Gasteiger partial charge in [0.15, 0.2) is 0 Å². The van der Waals surface area contributed by atoms with Gasteiger partial charge < -0.3 is 4.84 Å². The van der Waals surface area contributed by atoms with Crippen molar-refractivity contribution in [2.45, 2.75) is 45.4 Å². The molecule has 0 N–H and O–H groups in total. The smallest absolute Gasteiger partial charge is 0.330 e. The van der Waals surface area contributed by atoms with E-state index in [4.69, 9.17) is 0 Å². The van der Waals surface area contributed by atoms with Crippen LogP contribution in [0.4, 0.5) is 0 Å².